The average molecular weight is 385 g/mol. The van der Waals surface area contributed by atoms with E-state index in [1.165, 1.54) is 11.3 Å². The van der Waals surface area contributed by atoms with Crippen molar-refractivity contribution < 1.29 is 18.8 Å². The molecule has 1 aliphatic rings. The lowest BCUT2D eigenvalue weighted by atomic mass is 10.1. The Hall–Kier alpha value is -2.87. The van der Waals surface area contributed by atoms with Crippen molar-refractivity contribution >= 4 is 22.4 Å². The molecule has 3 heterocycles. The molecule has 1 aliphatic heterocycles. The maximum absolute atomic E-state index is 12.6. The largest absolute Gasteiger partial charge is 0.454 e. The van der Waals surface area contributed by atoms with E-state index in [0.717, 1.165) is 27.6 Å². The number of carbonyl (C=O) groups is 1. The van der Waals surface area contributed by atoms with Gasteiger partial charge in [0.15, 0.2) is 16.6 Å². The van der Waals surface area contributed by atoms with Gasteiger partial charge >= 0.3 is 0 Å². The number of ether oxygens (including phenoxy) is 2. The number of thiazole rings is 1. The molecule has 0 radical (unpaired) electrons. The van der Waals surface area contributed by atoms with E-state index in [1.54, 1.807) is 6.92 Å². The van der Waals surface area contributed by atoms with Crippen molar-refractivity contribution in [1.29, 1.82) is 0 Å². The van der Waals surface area contributed by atoms with Crippen LogP contribution in [0.25, 0.3) is 0 Å². The summed E-state index contributed by atoms with van der Waals surface area (Å²) < 4.78 is 15.9. The molecule has 0 unspecified atom stereocenters. The summed E-state index contributed by atoms with van der Waals surface area (Å²) >= 11 is 1.47. The molecule has 0 atom stereocenters. The first kappa shape index (κ1) is 17.5. The van der Waals surface area contributed by atoms with Crippen molar-refractivity contribution in [3.05, 3.63) is 51.4 Å². The highest BCUT2D eigenvalue weighted by atomic mass is 32.1. The molecule has 8 heteroatoms. The summed E-state index contributed by atoms with van der Waals surface area (Å²) in [4.78, 5) is 18.2. The zero-order chi connectivity index (χ0) is 19.0. The van der Waals surface area contributed by atoms with Gasteiger partial charge in [-0.2, -0.15) is 0 Å². The molecule has 4 rings (SSSR count). The van der Waals surface area contributed by atoms with Crippen molar-refractivity contribution in [2.24, 2.45) is 0 Å². The molecule has 140 valence electrons. The fourth-order valence-electron chi connectivity index (χ4n) is 2.99. The van der Waals surface area contributed by atoms with Crippen molar-refractivity contribution in [3.8, 4) is 11.5 Å². The van der Waals surface area contributed by atoms with Crippen molar-refractivity contribution in [2.45, 2.75) is 33.6 Å². The van der Waals surface area contributed by atoms with Crippen molar-refractivity contribution in [3.63, 3.8) is 0 Å². The van der Waals surface area contributed by atoms with E-state index >= 15 is 0 Å². The summed E-state index contributed by atoms with van der Waals surface area (Å²) in [6, 6.07) is 5.91. The van der Waals surface area contributed by atoms with Gasteiger partial charge in [-0.1, -0.05) is 18.1 Å². The summed E-state index contributed by atoms with van der Waals surface area (Å²) in [6.45, 7) is 5.87. The molecule has 3 aromatic rings. The number of benzene rings is 1. The number of rotatable bonds is 5. The lowest BCUT2D eigenvalue weighted by molar-refractivity contribution is 0.102. The first-order valence-corrected chi connectivity index (χ1v) is 9.48. The predicted octanol–water partition coefficient (Wildman–Crippen LogP) is 3.88. The number of carbonyl (C=O) groups excluding carboxylic acids is 1. The van der Waals surface area contributed by atoms with E-state index in [2.05, 4.69) is 15.5 Å². The molecule has 0 saturated heterocycles. The van der Waals surface area contributed by atoms with Crippen LogP contribution in [-0.2, 0) is 12.8 Å². The average Bonchev–Trinajstić information content (AvgIpc) is 3.33. The third kappa shape index (κ3) is 3.40. The Morgan fingerprint density at radius 3 is 2.89 bits per heavy atom. The van der Waals surface area contributed by atoms with Crippen LogP contribution in [0, 0.1) is 13.8 Å². The minimum absolute atomic E-state index is 0.242. The first-order chi connectivity index (χ1) is 13.0. The molecule has 0 saturated carbocycles. The summed E-state index contributed by atoms with van der Waals surface area (Å²) in [5.41, 5.74) is 3.14. The van der Waals surface area contributed by atoms with Gasteiger partial charge in [0.05, 0.1) is 11.4 Å². The maximum Gasteiger partial charge on any atom is 0.262 e. The Bertz CT molecular complexity index is 1010. The van der Waals surface area contributed by atoms with E-state index in [9.17, 15) is 4.79 Å². The fraction of sp³-hybridized carbons (Fsp3) is 0.316. The molecule has 7 nitrogen and oxygen atoms in total. The lowest BCUT2D eigenvalue weighted by Crippen LogP contribution is -2.14. The number of aromatic nitrogens is 2. The molecule has 1 amide bonds. The second-order valence-electron chi connectivity index (χ2n) is 6.26. The van der Waals surface area contributed by atoms with Gasteiger partial charge < -0.3 is 14.0 Å². The van der Waals surface area contributed by atoms with Gasteiger partial charge in [-0.05, 0) is 38.0 Å². The highest BCUT2D eigenvalue weighted by Crippen LogP contribution is 2.34. The first-order valence-electron chi connectivity index (χ1n) is 8.66. The molecular weight excluding hydrogens is 366 g/mol. The van der Waals surface area contributed by atoms with Gasteiger partial charge in [-0.25, -0.2) is 4.98 Å². The van der Waals surface area contributed by atoms with Crippen LogP contribution in [-0.4, -0.2) is 22.8 Å². The Balaban J connectivity index is 1.51. The summed E-state index contributed by atoms with van der Waals surface area (Å²) in [6.07, 6.45) is 1.34. The highest BCUT2D eigenvalue weighted by Gasteiger charge is 2.21. The zero-order valence-electron chi connectivity index (χ0n) is 15.3. The molecule has 2 aromatic heterocycles. The standard InChI is InChI=1S/C19H19N3O4S/c1-4-13-17(11(3)26-22-13)18(23)21-19-20-10(2)16(27-19)8-12-5-6-14-15(7-12)25-9-24-14/h5-7H,4,8-9H2,1-3H3,(H,20,21,23). The molecule has 1 N–H and O–H groups in total. The number of fused-ring (bicyclic) bond motifs is 1. The Morgan fingerprint density at radius 1 is 1.26 bits per heavy atom. The highest BCUT2D eigenvalue weighted by molar-refractivity contribution is 7.15. The van der Waals surface area contributed by atoms with E-state index < -0.39 is 0 Å². The van der Waals surface area contributed by atoms with Crippen LogP contribution in [0.4, 0.5) is 5.13 Å². The van der Waals surface area contributed by atoms with Gasteiger partial charge in [-0.3, -0.25) is 10.1 Å². The molecule has 0 spiro atoms. The molecular formula is C19H19N3O4S. The number of amides is 1. The number of hydrogen-bond donors (Lipinski definition) is 1. The van der Waals surface area contributed by atoms with Crippen LogP contribution in [0.1, 0.15) is 44.9 Å². The monoisotopic (exact) mass is 385 g/mol. The van der Waals surface area contributed by atoms with Crippen LogP contribution in [0.3, 0.4) is 0 Å². The summed E-state index contributed by atoms with van der Waals surface area (Å²) in [7, 11) is 0. The molecule has 0 aliphatic carbocycles. The topological polar surface area (TPSA) is 86.5 Å². The SMILES string of the molecule is CCc1noc(C)c1C(=O)Nc1nc(C)c(Cc2ccc3c(c2)OCO3)s1. The summed E-state index contributed by atoms with van der Waals surface area (Å²) in [5.74, 6) is 1.80. The van der Waals surface area contributed by atoms with E-state index in [4.69, 9.17) is 14.0 Å². The minimum atomic E-state index is -0.242. The third-order valence-electron chi connectivity index (χ3n) is 4.41. The predicted molar refractivity (Wildman–Crippen MR) is 101 cm³/mol. The van der Waals surface area contributed by atoms with Crippen LogP contribution in [0.2, 0.25) is 0 Å². The molecule has 27 heavy (non-hydrogen) atoms. The molecule has 0 fully saturated rings. The van der Waals surface area contributed by atoms with Gasteiger partial charge in [0, 0.05) is 11.3 Å². The minimum Gasteiger partial charge on any atom is -0.454 e. The Kier molecular flexibility index (Phi) is 4.57. The number of aryl methyl sites for hydroxylation is 3. The van der Waals surface area contributed by atoms with Gasteiger partial charge in [0.25, 0.3) is 5.91 Å². The lowest BCUT2D eigenvalue weighted by Gasteiger charge is -2.02. The van der Waals surface area contributed by atoms with Crippen LogP contribution in [0.5, 0.6) is 11.5 Å². The van der Waals surface area contributed by atoms with Crippen LogP contribution >= 0.6 is 11.3 Å². The van der Waals surface area contributed by atoms with Crippen LogP contribution < -0.4 is 14.8 Å². The number of hydrogen-bond acceptors (Lipinski definition) is 7. The summed E-state index contributed by atoms with van der Waals surface area (Å²) in [5, 5.41) is 7.37. The second-order valence-corrected chi connectivity index (χ2v) is 7.34. The van der Waals surface area contributed by atoms with Gasteiger partial charge in [-0.15, -0.1) is 11.3 Å². The molecule has 0 bridgehead atoms. The second kappa shape index (κ2) is 7.03. The third-order valence-corrected chi connectivity index (χ3v) is 5.48. The van der Waals surface area contributed by atoms with Gasteiger partial charge in [0.2, 0.25) is 6.79 Å². The number of anilines is 1. The normalized spacial score (nSPS) is 12.4. The van der Waals surface area contributed by atoms with Crippen molar-refractivity contribution in [1.82, 2.24) is 10.1 Å². The fourth-order valence-corrected chi connectivity index (χ4v) is 3.98. The van der Waals surface area contributed by atoms with E-state index in [0.29, 0.717) is 35.0 Å². The maximum atomic E-state index is 12.6. The Morgan fingerprint density at radius 2 is 2.07 bits per heavy atom. The number of nitrogens with zero attached hydrogens (tertiary/aromatic N) is 2. The zero-order valence-corrected chi connectivity index (χ0v) is 16.1. The Labute approximate surface area is 160 Å². The quantitative estimate of drug-likeness (QED) is 0.717. The van der Waals surface area contributed by atoms with Gasteiger partial charge in [0.1, 0.15) is 11.3 Å². The number of nitrogens with one attached hydrogen (secondary N) is 1. The van der Waals surface area contributed by atoms with Crippen LogP contribution in [0.15, 0.2) is 22.7 Å². The smallest absolute Gasteiger partial charge is 0.262 e. The van der Waals surface area contributed by atoms with Crippen molar-refractivity contribution in [2.75, 3.05) is 12.1 Å². The van der Waals surface area contributed by atoms with E-state index in [-0.39, 0.29) is 12.7 Å². The van der Waals surface area contributed by atoms with E-state index in [1.807, 2.05) is 32.0 Å². The molecule has 1 aromatic carbocycles.